The Kier molecular flexibility index (Phi) is 3.69. The first-order valence-electron chi connectivity index (χ1n) is 7.55. The van der Waals surface area contributed by atoms with E-state index in [1.165, 1.54) is 56.3 Å². The lowest BCUT2D eigenvalue weighted by Crippen LogP contribution is -2.28. The molecule has 0 aromatic carbocycles. The van der Waals surface area contributed by atoms with Gasteiger partial charge in [0.05, 0.1) is 24.7 Å². The minimum absolute atomic E-state index is 0.175. The molecule has 0 radical (unpaired) electrons. The van der Waals surface area contributed by atoms with E-state index < -0.39 is 0 Å². The highest BCUT2D eigenvalue weighted by Crippen LogP contribution is 2.28. The van der Waals surface area contributed by atoms with Gasteiger partial charge in [0.1, 0.15) is 0 Å². The van der Waals surface area contributed by atoms with Crippen molar-refractivity contribution in [2.45, 2.75) is 70.4 Å². The van der Waals surface area contributed by atoms with Crippen LogP contribution in [0.4, 0.5) is 0 Å². The monoisotopic (exact) mass is 248 g/mol. The first-order chi connectivity index (χ1) is 8.84. The maximum Gasteiger partial charge on any atom is 0.0952 e. The van der Waals surface area contributed by atoms with Gasteiger partial charge in [0, 0.05) is 5.69 Å². The summed E-state index contributed by atoms with van der Waals surface area (Å²) in [4.78, 5) is 4.51. The zero-order chi connectivity index (χ0) is 12.4. The predicted molar refractivity (Wildman–Crippen MR) is 71.5 cm³/mol. The summed E-state index contributed by atoms with van der Waals surface area (Å²) in [5, 5.41) is 10.4. The molecule has 0 spiro atoms. The number of imidazole rings is 1. The third-order valence-electron chi connectivity index (χ3n) is 4.69. The van der Waals surface area contributed by atoms with Gasteiger partial charge in [-0.2, -0.15) is 0 Å². The number of aromatic nitrogens is 2. The van der Waals surface area contributed by atoms with Crippen molar-refractivity contribution in [1.29, 1.82) is 0 Å². The Bertz CT molecular complexity index is 393. The Morgan fingerprint density at radius 3 is 2.78 bits per heavy atom. The average Bonchev–Trinajstić information content (AvgIpc) is 2.83. The SMILES string of the molecule is OC(Cn1cnc2c1CCCC2)C1CCCCC1. The van der Waals surface area contributed by atoms with Crippen LogP contribution < -0.4 is 0 Å². The molecule has 1 fully saturated rings. The molecular formula is C15H24N2O. The van der Waals surface area contributed by atoms with Crippen LogP contribution in [0.3, 0.4) is 0 Å². The van der Waals surface area contributed by atoms with Crippen LogP contribution in [0, 0.1) is 5.92 Å². The van der Waals surface area contributed by atoms with Crippen molar-refractivity contribution >= 4 is 0 Å². The summed E-state index contributed by atoms with van der Waals surface area (Å²) in [6.07, 6.45) is 12.9. The standard InChI is InChI=1S/C15H24N2O/c18-15(12-6-2-1-3-7-12)10-17-11-16-13-8-4-5-9-14(13)17/h11-12,15,18H,1-10H2. The van der Waals surface area contributed by atoms with Gasteiger partial charge < -0.3 is 9.67 Å². The molecule has 1 atom stereocenters. The van der Waals surface area contributed by atoms with Gasteiger partial charge in [-0.25, -0.2) is 4.98 Å². The Labute approximate surface area is 109 Å². The lowest BCUT2D eigenvalue weighted by Gasteiger charge is -2.27. The molecule has 1 aromatic rings. The van der Waals surface area contributed by atoms with E-state index in [0.29, 0.717) is 5.92 Å². The lowest BCUT2D eigenvalue weighted by molar-refractivity contribution is 0.0688. The highest BCUT2D eigenvalue weighted by molar-refractivity contribution is 5.16. The van der Waals surface area contributed by atoms with Gasteiger partial charge in [-0.15, -0.1) is 0 Å². The number of hydrogen-bond donors (Lipinski definition) is 1. The van der Waals surface area contributed by atoms with Gasteiger partial charge in [0.2, 0.25) is 0 Å². The second-order valence-corrected chi connectivity index (χ2v) is 5.96. The fraction of sp³-hybridized carbons (Fsp3) is 0.800. The normalized spacial score (nSPS) is 22.7. The minimum Gasteiger partial charge on any atom is -0.391 e. The second kappa shape index (κ2) is 5.43. The lowest BCUT2D eigenvalue weighted by atomic mass is 9.85. The van der Waals surface area contributed by atoms with Gasteiger partial charge in [0.15, 0.2) is 0 Å². The number of nitrogens with zero attached hydrogens (tertiary/aromatic N) is 2. The largest absolute Gasteiger partial charge is 0.391 e. The van der Waals surface area contributed by atoms with Crippen molar-refractivity contribution < 1.29 is 5.11 Å². The molecule has 1 saturated carbocycles. The molecule has 2 aliphatic carbocycles. The van der Waals surface area contributed by atoms with Crippen LogP contribution in [-0.2, 0) is 19.4 Å². The first kappa shape index (κ1) is 12.2. The fourth-order valence-electron chi connectivity index (χ4n) is 3.56. The van der Waals surface area contributed by atoms with E-state index in [1.807, 2.05) is 6.33 Å². The van der Waals surface area contributed by atoms with E-state index in [4.69, 9.17) is 0 Å². The number of aliphatic hydroxyl groups is 1. The summed E-state index contributed by atoms with van der Waals surface area (Å²) < 4.78 is 2.22. The second-order valence-electron chi connectivity index (χ2n) is 5.96. The molecule has 0 bridgehead atoms. The summed E-state index contributed by atoms with van der Waals surface area (Å²) in [6, 6.07) is 0. The number of aryl methyl sites for hydroxylation is 1. The third kappa shape index (κ3) is 2.46. The maximum atomic E-state index is 10.4. The Morgan fingerprint density at radius 1 is 1.17 bits per heavy atom. The molecule has 3 rings (SSSR count). The zero-order valence-corrected chi connectivity index (χ0v) is 11.1. The molecule has 3 heteroatoms. The molecule has 3 nitrogen and oxygen atoms in total. The Hall–Kier alpha value is -0.830. The molecule has 100 valence electrons. The van der Waals surface area contributed by atoms with Gasteiger partial charge in [-0.05, 0) is 44.4 Å². The van der Waals surface area contributed by atoms with Crippen molar-refractivity contribution in [2.75, 3.05) is 0 Å². The minimum atomic E-state index is -0.175. The van der Waals surface area contributed by atoms with Gasteiger partial charge in [-0.1, -0.05) is 19.3 Å². The molecular weight excluding hydrogens is 224 g/mol. The average molecular weight is 248 g/mol. The Morgan fingerprint density at radius 2 is 1.94 bits per heavy atom. The molecule has 1 heterocycles. The van der Waals surface area contributed by atoms with Crippen molar-refractivity contribution in [3.8, 4) is 0 Å². The highest BCUT2D eigenvalue weighted by Gasteiger charge is 2.23. The summed E-state index contributed by atoms with van der Waals surface area (Å²) in [7, 11) is 0. The summed E-state index contributed by atoms with van der Waals surface area (Å²) in [5.41, 5.74) is 2.66. The Balaban J connectivity index is 1.66. The number of hydrogen-bond acceptors (Lipinski definition) is 2. The summed E-state index contributed by atoms with van der Waals surface area (Å²) in [6.45, 7) is 0.757. The topological polar surface area (TPSA) is 38.0 Å². The van der Waals surface area contributed by atoms with Crippen LogP contribution in [0.25, 0.3) is 0 Å². The van der Waals surface area contributed by atoms with E-state index in [0.717, 1.165) is 19.4 Å². The molecule has 1 aromatic heterocycles. The van der Waals surface area contributed by atoms with Crippen LogP contribution in [0.1, 0.15) is 56.3 Å². The van der Waals surface area contributed by atoms with E-state index in [1.54, 1.807) is 0 Å². The van der Waals surface area contributed by atoms with Gasteiger partial charge in [-0.3, -0.25) is 0 Å². The third-order valence-corrected chi connectivity index (χ3v) is 4.69. The number of fused-ring (bicyclic) bond motifs is 1. The predicted octanol–water partition coefficient (Wildman–Crippen LogP) is 2.70. The van der Waals surface area contributed by atoms with Crippen molar-refractivity contribution in [3.05, 3.63) is 17.7 Å². The van der Waals surface area contributed by atoms with Crippen molar-refractivity contribution in [3.63, 3.8) is 0 Å². The van der Waals surface area contributed by atoms with Crippen LogP contribution >= 0.6 is 0 Å². The fourth-order valence-corrected chi connectivity index (χ4v) is 3.56. The molecule has 2 aliphatic rings. The van der Waals surface area contributed by atoms with Crippen LogP contribution in [0.5, 0.6) is 0 Å². The zero-order valence-electron chi connectivity index (χ0n) is 11.1. The molecule has 18 heavy (non-hydrogen) atoms. The van der Waals surface area contributed by atoms with Crippen LogP contribution in [-0.4, -0.2) is 20.8 Å². The van der Waals surface area contributed by atoms with Gasteiger partial charge >= 0.3 is 0 Å². The number of rotatable bonds is 3. The van der Waals surface area contributed by atoms with E-state index in [2.05, 4.69) is 9.55 Å². The molecule has 0 saturated heterocycles. The molecule has 0 amide bonds. The van der Waals surface area contributed by atoms with Crippen molar-refractivity contribution in [2.24, 2.45) is 5.92 Å². The first-order valence-corrected chi connectivity index (χ1v) is 7.55. The van der Waals surface area contributed by atoms with E-state index in [-0.39, 0.29) is 6.10 Å². The summed E-state index contributed by atoms with van der Waals surface area (Å²) in [5.74, 6) is 0.514. The highest BCUT2D eigenvalue weighted by atomic mass is 16.3. The van der Waals surface area contributed by atoms with Crippen LogP contribution in [0.2, 0.25) is 0 Å². The molecule has 0 aliphatic heterocycles. The van der Waals surface area contributed by atoms with E-state index >= 15 is 0 Å². The smallest absolute Gasteiger partial charge is 0.0952 e. The molecule has 1 unspecified atom stereocenters. The number of aliphatic hydroxyl groups excluding tert-OH is 1. The van der Waals surface area contributed by atoms with E-state index in [9.17, 15) is 5.11 Å². The molecule has 1 N–H and O–H groups in total. The van der Waals surface area contributed by atoms with Crippen molar-refractivity contribution in [1.82, 2.24) is 9.55 Å². The summed E-state index contributed by atoms with van der Waals surface area (Å²) >= 11 is 0. The van der Waals surface area contributed by atoms with Gasteiger partial charge in [0.25, 0.3) is 0 Å². The van der Waals surface area contributed by atoms with Crippen LogP contribution in [0.15, 0.2) is 6.33 Å². The maximum absolute atomic E-state index is 10.4. The quantitative estimate of drug-likeness (QED) is 0.893.